The lowest BCUT2D eigenvalue weighted by molar-refractivity contribution is 0.0718. The van der Waals surface area contributed by atoms with E-state index < -0.39 is 0 Å². The number of nitrogen functional groups attached to an aromatic ring is 1. The Morgan fingerprint density at radius 3 is 2.96 bits per heavy atom. The van der Waals surface area contributed by atoms with Gasteiger partial charge in [0.1, 0.15) is 16.9 Å². The zero-order chi connectivity index (χ0) is 19.3. The van der Waals surface area contributed by atoms with Crippen molar-refractivity contribution in [1.82, 2.24) is 19.3 Å². The summed E-state index contributed by atoms with van der Waals surface area (Å²) in [6.07, 6.45) is 4.50. The summed E-state index contributed by atoms with van der Waals surface area (Å²) in [6.45, 7) is 1.29. The number of amides is 1. The number of carbonyl (C=O) groups is 1. The Balaban J connectivity index is 1.53. The molecular formula is C20H19N5O3. The van der Waals surface area contributed by atoms with E-state index in [0.29, 0.717) is 29.9 Å². The van der Waals surface area contributed by atoms with Gasteiger partial charge in [0.25, 0.3) is 11.9 Å². The first-order chi connectivity index (χ1) is 13.6. The van der Waals surface area contributed by atoms with E-state index in [9.17, 15) is 4.79 Å². The molecule has 1 amide bonds. The molecule has 142 valence electrons. The summed E-state index contributed by atoms with van der Waals surface area (Å²) in [5, 5.41) is 0. The molecular weight excluding hydrogens is 358 g/mol. The fourth-order valence-electron chi connectivity index (χ4n) is 3.70. The average molecular weight is 377 g/mol. The zero-order valence-electron chi connectivity index (χ0n) is 15.3. The van der Waals surface area contributed by atoms with Gasteiger partial charge in [-0.05, 0) is 41.8 Å². The molecule has 1 unspecified atom stereocenters. The Hall–Kier alpha value is -3.39. The third kappa shape index (κ3) is 2.69. The number of nitrogens with two attached hydrogens (primary N) is 1. The van der Waals surface area contributed by atoms with Crippen LogP contribution in [0.1, 0.15) is 16.9 Å². The van der Waals surface area contributed by atoms with Crippen LogP contribution in [0.5, 0.6) is 0 Å². The number of pyridine rings is 1. The molecule has 4 aromatic rings. The molecule has 1 saturated heterocycles. The van der Waals surface area contributed by atoms with Gasteiger partial charge in [-0.25, -0.2) is 4.98 Å². The Bertz CT molecular complexity index is 1200. The molecule has 1 atom stereocenters. The molecule has 1 fully saturated rings. The minimum Gasteiger partial charge on any atom is -0.424 e. The fraction of sp³-hybridized carbons (Fsp3) is 0.250. The molecule has 1 aromatic carbocycles. The summed E-state index contributed by atoms with van der Waals surface area (Å²) in [7, 11) is 1.68. The van der Waals surface area contributed by atoms with Crippen LogP contribution in [0.3, 0.4) is 0 Å². The van der Waals surface area contributed by atoms with E-state index >= 15 is 0 Å². The summed E-state index contributed by atoms with van der Waals surface area (Å²) < 4.78 is 12.5. The number of hydrogen-bond acceptors (Lipinski definition) is 6. The van der Waals surface area contributed by atoms with E-state index in [2.05, 4.69) is 9.97 Å². The minimum absolute atomic E-state index is 0.0380. The SMILES string of the molecule is COC1CCN(C(=O)c2cnc3ccc(-c4ccc5oc(N)nc5c4)cn23)C1. The first kappa shape index (κ1) is 16.8. The molecule has 0 spiro atoms. The maximum absolute atomic E-state index is 13.0. The summed E-state index contributed by atoms with van der Waals surface area (Å²) in [5.41, 5.74) is 10.1. The molecule has 0 radical (unpaired) electrons. The molecule has 1 aliphatic rings. The summed E-state index contributed by atoms with van der Waals surface area (Å²) >= 11 is 0. The normalized spacial score (nSPS) is 17.0. The Morgan fingerprint density at radius 1 is 1.29 bits per heavy atom. The number of likely N-dealkylation sites (tertiary alicyclic amines) is 1. The highest BCUT2D eigenvalue weighted by molar-refractivity contribution is 5.93. The van der Waals surface area contributed by atoms with Gasteiger partial charge < -0.3 is 19.8 Å². The maximum Gasteiger partial charge on any atom is 0.292 e. The van der Waals surface area contributed by atoms with Crippen molar-refractivity contribution in [1.29, 1.82) is 0 Å². The minimum atomic E-state index is -0.0380. The molecule has 8 heteroatoms. The lowest BCUT2D eigenvalue weighted by Gasteiger charge is -2.16. The molecule has 28 heavy (non-hydrogen) atoms. The van der Waals surface area contributed by atoms with Gasteiger partial charge in [0.2, 0.25) is 0 Å². The van der Waals surface area contributed by atoms with Crippen LogP contribution in [0, 0.1) is 0 Å². The highest BCUT2D eigenvalue weighted by Gasteiger charge is 2.28. The van der Waals surface area contributed by atoms with E-state index in [1.54, 1.807) is 13.3 Å². The number of carbonyl (C=O) groups excluding carboxylic acids is 1. The standard InChI is InChI=1S/C20H19N5O3/c1-27-14-6-7-24(11-14)19(26)16-9-22-18-5-3-13(10-25(16)18)12-2-4-17-15(8-12)23-20(21)28-17/h2-5,8-10,14H,6-7,11H2,1H3,(H2,21,23). The largest absolute Gasteiger partial charge is 0.424 e. The number of rotatable bonds is 3. The van der Waals surface area contributed by atoms with Crippen LogP contribution >= 0.6 is 0 Å². The molecule has 5 rings (SSSR count). The lowest BCUT2D eigenvalue weighted by atomic mass is 10.1. The van der Waals surface area contributed by atoms with Gasteiger partial charge in [-0.15, -0.1) is 0 Å². The second-order valence-electron chi connectivity index (χ2n) is 6.92. The van der Waals surface area contributed by atoms with Crippen LogP contribution in [0.2, 0.25) is 0 Å². The summed E-state index contributed by atoms with van der Waals surface area (Å²) in [6, 6.07) is 9.71. The third-order valence-electron chi connectivity index (χ3n) is 5.23. The van der Waals surface area contributed by atoms with Crippen LogP contribution < -0.4 is 5.73 Å². The van der Waals surface area contributed by atoms with Crippen molar-refractivity contribution in [3.63, 3.8) is 0 Å². The monoisotopic (exact) mass is 377 g/mol. The molecule has 0 aliphatic carbocycles. The number of nitrogens with zero attached hydrogens (tertiary/aromatic N) is 4. The Labute approximate surface area is 160 Å². The number of imidazole rings is 1. The van der Waals surface area contributed by atoms with Crippen LogP contribution in [0.25, 0.3) is 27.9 Å². The predicted octanol–water partition coefficient (Wildman–Crippen LogP) is 2.59. The van der Waals surface area contributed by atoms with Gasteiger partial charge in [0.15, 0.2) is 5.58 Å². The quantitative estimate of drug-likeness (QED) is 0.589. The van der Waals surface area contributed by atoms with Gasteiger partial charge >= 0.3 is 0 Å². The van der Waals surface area contributed by atoms with Crippen LogP contribution in [-0.2, 0) is 4.74 Å². The highest BCUT2D eigenvalue weighted by Crippen LogP contribution is 2.26. The van der Waals surface area contributed by atoms with Crippen molar-refractivity contribution in [2.24, 2.45) is 0 Å². The number of ether oxygens (including phenoxy) is 1. The number of hydrogen-bond donors (Lipinski definition) is 1. The average Bonchev–Trinajstić information content (AvgIpc) is 3.43. The number of methoxy groups -OCH3 is 1. The number of fused-ring (bicyclic) bond motifs is 2. The third-order valence-corrected chi connectivity index (χ3v) is 5.23. The van der Waals surface area contributed by atoms with Crippen molar-refractivity contribution < 1.29 is 13.9 Å². The van der Waals surface area contributed by atoms with E-state index in [1.807, 2.05) is 45.8 Å². The van der Waals surface area contributed by atoms with Crippen LogP contribution in [-0.4, -0.2) is 51.5 Å². The predicted molar refractivity (Wildman–Crippen MR) is 104 cm³/mol. The van der Waals surface area contributed by atoms with Crippen LogP contribution in [0.4, 0.5) is 6.01 Å². The number of benzene rings is 1. The second-order valence-corrected chi connectivity index (χ2v) is 6.92. The first-order valence-electron chi connectivity index (χ1n) is 9.08. The number of oxazole rings is 1. The molecule has 8 nitrogen and oxygen atoms in total. The van der Waals surface area contributed by atoms with Gasteiger partial charge in [0.05, 0.1) is 12.3 Å². The van der Waals surface area contributed by atoms with Gasteiger partial charge in [0, 0.05) is 26.4 Å². The van der Waals surface area contributed by atoms with E-state index in [1.165, 1.54) is 0 Å². The van der Waals surface area contributed by atoms with Crippen molar-refractivity contribution in [2.45, 2.75) is 12.5 Å². The topological polar surface area (TPSA) is 98.9 Å². The van der Waals surface area contributed by atoms with E-state index in [-0.39, 0.29) is 18.0 Å². The molecule has 3 aromatic heterocycles. The van der Waals surface area contributed by atoms with Crippen molar-refractivity contribution in [3.8, 4) is 11.1 Å². The molecule has 0 saturated carbocycles. The van der Waals surface area contributed by atoms with Crippen LogP contribution in [0.15, 0.2) is 47.1 Å². The Kier molecular flexibility index (Phi) is 3.80. The lowest BCUT2D eigenvalue weighted by Crippen LogP contribution is -2.30. The molecule has 1 aliphatic heterocycles. The van der Waals surface area contributed by atoms with E-state index in [0.717, 1.165) is 23.2 Å². The summed E-state index contributed by atoms with van der Waals surface area (Å²) in [5.74, 6) is -0.0380. The highest BCUT2D eigenvalue weighted by atomic mass is 16.5. The smallest absolute Gasteiger partial charge is 0.292 e. The van der Waals surface area contributed by atoms with Gasteiger partial charge in [-0.3, -0.25) is 9.20 Å². The zero-order valence-corrected chi connectivity index (χ0v) is 15.3. The van der Waals surface area contributed by atoms with Crippen molar-refractivity contribution in [2.75, 3.05) is 25.9 Å². The summed E-state index contributed by atoms with van der Waals surface area (Å²) in [4.78, 5) is 23.4. The fourth-order valence-corrected chi connectivity index (χ4v) is 3.70. The second kappa shape index (κ2) is 6.35. The van der Waals surface area contributed by atoms with E-state index in [4.69, 9.17) is 14.9 Å². The number of aromatic nitrogens is 3. The first-order valence-corrected chi connectivity index (χ1v) is 9.08. The Morgan fingerprint density at radius 2 is 2.14 bits per heavy atom. The molecule has 2 N–H and O–H groups in total. The van der Waals surface area contributed by atoms with Crippen molar-refractivity contribution >= 4 is 28.7 Å². The number of anilines is 1. The maximum atomic E-state index is 13.0. The van der Waals surface area contributed by atoms with Crippen molar-refractivity contribution in [3.05, 3.63) is 48.4 Å². The van der Waals surface area contributed by atoms with Gasteiger partial charge in [-0.2, -0.15) is 4.98 Å². The van der Waals surface area contributed by atoms with Gasteiger partial charge in [-0.1, -0.05) is 6.07 Å². The molecule has 4 heterocycles. The molecule has 0 bridgehead atoms.